The Morgan fingerprint density at radius 2 is 2.00 bits per heavy atom. The topological polar surface area (TPSA) is 107 Å². The summed E-state index contributed by atoms with van der Waals surface area (Å²) in [7, 11) is 0. The Balaban J connectivity index is 0.00000122. The Kier molecular flexibility index (Phi) is 6.88. The summed E-state index contributed by atoms with van der Waals surface area (Å²) in [5, 5.41) is 38.2. The maximum Gasteiger partial charge on any atom is 0.335 e. The maximum absolute atomic E-state index is 11.1. The Morgan fingerprint density at radius 1 is 1.50 bits per heavy atom. The van der Waals surface area contributed by atoms with Crippen LogP contribution in [-0.4, -0.2) is 56.4 Å². The zero-order valence-corrected chi connectivity index (χ0v) is 12.6. The van der Waals surface area contributed by atoms with Gasteiger partial charge in [-0.15, -0.1) is 0 Å². The molecule has 0 aromatic rings. The van der Waals surface area contributed by atoms with Gasteiger partial charge in [0.15, 0.2) is 5.60 Å². The van der Waals surface area contributed by atoms with Gasteiger partial charge in [0.05, 0.1) is 18.3 Å². The smallest absolute Gasteiger partial charge is 0.335 e. The third-order valence-corrected chi connectivity index (χ3v) is 3.30. The fourth-order valence-electron chi connectivity index (χ4n) is 2.00. The highest BCUT2D eigenvalue weighted by atomic mass is 16.6. The van der Waals surface area contributed by atoms with Crippen LogP contribution in [0.1, 0.15) is 48.8 Å². The largest absolute Gasteiger partial charge is 0.479 e. The minimum Gasteiger partial charge on any atom is -0.479 e. The molecule has 120 valence electrons. The monoisotopic (exact) mass is 293 g/mol. The van der Waals surface area contributed by atoms with Gasteiger partial charge in [0.25, 0.3) is 0 Å². The lowest BCUT2D eigenvalue weighted by atomic mass is 9.81. The Hall–Kier alpha value is -0.690. The van der Waals surface area contributed by atoms with Crippen molar-refractivity contribution in [1.82, 2.24) is 0 Å². The van der Waals surface area contributed by atoms with Crippen molar-refractivity contribution in [3.05, 3.63) is 0 Å². The first-order chi connectivity index (χ1) is 9.64. The second-order valence-electron chi connectivity index (χ2n) is 5.51. The molecule has 0 radical (unpaired) electrons. The van der Waals surface area contributed by atoms with E-state index in [9.17, 15) is 20.1 Å². The van der Waals surface area contributed by atoms with Crippen molar-refractivity contribution < 1.29 is 31.3 Å². The third kappa shape index (κ3) is 4.70. The van der Waals surface area contributed by atoms with Gasteiger partial charge in [-0.25, -0.2) is 4.79 Å². The van der Waals surface area contributed by atoms with Crippen LogP contribution in [0.3, 0.4) is 0 Å². The lowest BCUT2D eigenvalue weighted by Crippen LogP contribution is -2.58. The van der Waals surface area contributed by atoms with Gasteiger partial charge in [-0.2, -0.15) is 0 Å². The average Bonchev–Trinajstić information content (AvgIpc) is 2.42. The van der Waals surface area contributed by atoms with Crippen molar-refractivity contribution in [1.29, 1.82) is 0 Å². The first kappa shape index (κ1) is 17.4. The highest BCUT2D eigenvalue weighted by molar-refractivity contribution is 5.77. The van der Waals surface area contributed by atoms with E-state index in [1.807, 2.05) is 0 Å². The van der Waals surface area contributed by atoms with E-state index in [1.54, 1.807) is 6.92 Å². The van der Waals surface area contributed by atoms with Crippen LogP contribution in [0.4, 0.5) is 0 Å². The van der Waals surface area contributed by atoms with Crippen molar-refractivity contribution in [2.75, 3.05) is 0 Å². The molecule has 6 unspecified atom stereocenters. The minimum absolute atomic E-state index is 0.0797. The van der Waals surface area contributed by atoms with Crippen LogP contribution in [0, 0.1) is 5.92 Å². The van der Waals surface area contributed by atoms with E-state index in [-0.39, 0.29) is 6.42 Å². The molecule has 0 saturated carbocycles. The molecule has 1 rings (SSSR count). The Labute approximate surface area is 121 Å². The van der Waals surface area contributed by atoms with Gasteiger partial charge in [-0.05, 0) is 13.8 Å². The van der Waals surface area contributed by atoms with Gasteiger partial charge in [0.1, 0.15) is 6.10 Å². The Morgan fingerprint density at radius 3 is 2.40 bits per heavy atom. The zero-order chi connectivity index (χ0) is 16.8. The molecule has 0 aromatic heterocycles. The number of aliphatic hydroxyl groups is 3. The third-order valence-electron chi connectivity index (χ3n) is 3.30. The number of carboxylic acids is 1. The summed E-state index contributed by atoms with van der Waals surface area (Å²) in [4.78, 5) is 11.1. The molecule has 1 aliphatic rings. The Bertz CT molecular complexity index is 327. The van der Waals surface area contributed by atoms with E-state index < -0.39 is 48.8 Å². The van der Waals surface area contributed by atoms with Gasteiger partial charge < -0.3 is 25.2 Å². The quantitative estimate of drug-likeness (QED) is 0.612. The number of aliphatic carboxylic acids is 1. The average molecular weight is 293 g/mol. The molecule has 1 aliphatic heterocycles. The van der Waals surface area contributed by atoms with Crippen LogP contribution in [0.15, 0.2) is 0 Å². The number of hydrogen-bond donors (Lipinski definition) is 4. The molecule has 6 nitrogen and oxygen atoms in total. The summed E-state index contributed by atoms with van der Waals surface area (Å²) < 4.78 is 12.4. The van der Waals surface area contributed by atoms with Gasteiger partial charge in [-0.1, -0.05) is 27.2 Å². The van der Waals surface area contributed by atoms with E-state index in [2.05, 4.69) is 13.8 Å². The predicted octanol–water partition coefficient (Wildman–Crippen LogP) is 0.774. The summed E-state index contributed by atoms with van der Waals surface area (Å²) in [5.41, 5.74) is -1.60. The van der Waals surface area contributed by atoms with Crippen LogP contribution in [0.5, 0.6) is 0 Å². The summed E-state index contributed by atoms with van der Waals surface area (Å²) in [6.45, 7) is 6.75. The van der Waals surface area contributed by atoms with E-state index in [0.29, 0.717) is 0 Å². The molecule has 0 bridgehead atoms. The van der Waals surface area contributed by atoms with E-state index in [4.69, 9.17) is 11.2 Å². The van der Waals surface area contributed by atoms with Crippen LogP contribution in [-0.2, 0) is 9.53 Å². The van der Waals surface area contributed by atoms with Crippen LogP contribution in [0.2, 0.25) is 0 Å². The number of hydrogen-bond acceptors (Lipinski definition) is 5. The van der Waals surface area contributed by atoms with Gasteiger partial charge in [0.2, 0.25) is 0 Å². The number of rotatable bonds is 3. The summed E-state index contributed by atoms with van der Waals surface area (Å²) in [6, 6.07) is 0. The maximum atomic E-state index is 11.1. The molecular weight excluding hydrogens is 264 g/mol. The SMILES string of the molecule is CCC.[2H]CC(O)C(O)C1OC(C)(C(=O)O)CC(O)C1C. The molecule has 6 heteroatoms. The van der Waals surface area contributed by atoms with Crippen molar-refractivity contribution in [2.45, 2.75) is 77.5 Å². The number of aliphatic hydroxyl groups excluding tert-OH is 3. The standard InChI is InChI=1S/C11H20O6.C3H8/c1-5-7(13)4-11(3,10(15)16)17-9(5)8(14)6(2)12;1-3-2/h5-9,12-14H,4H2,1-3H3,(H,15,16);3H2,1-2H3/i2D;. The lowest BCUT2D eigenvalue weighted by Gasteiger charge is -2.44. The first-order valence-electron chi connectivity index (χ1n) is 7.59. The number of ether oxygens (including phenoxy) is 1. The molecule has 0 spiro atoms. The minimum atomic E-state index is -1.60. The molecule has 0 aromatic carbocycles. The fraction of sp³-hybridized carbons (Fsp3) is 0.929. The predicted molar refractivity (Wildman–Crippen MR) is 74.4 cm³/mol. The summed E-state index contributed by atoms with van der Waals surface area (Å²) in [6.07, 6.45) is -3.52. The highest BCUT2D eigenvalue weighted by Crippen LogP contribution is 2.35. The molecule has 0 aliphatic carbocycles. The van der Waals surface area contributed by atoms with Crippen molar-refractivity contribution in [2.24, 2.45) is 5.92 Å². The number of carbonyl (C=O) groups is 1. The number of carboxylic acid groups (broad SMARTS) is 1. The molecule has 1 heterocycles. The second kappa shape index (κ2) is 7.93. The molecule has 1 fully saturated rings. The van der Waals surface area contributed by atoms with E-state index in [0.717, 1.165) is 0 Å². The molecule has 6 atom stereocenters. The molecule has 20 heavy (non-hydrogen) atoms. The first-order valence-corrected chi connectivity index (χ1v) is 6.89. The molecule has 4 N–H and O–H groups in total. The van der Waals surface area contributed by atoms with Crippen LogP contribution < -0.4 is 0 Å². The zero-order valence-electron chi connectivity index (χ0n) is 13.6. The lowest BCUT2D eigenvalue weighted by molar-refractivity contribution is -0.229. The van der Waals surface area contributed by atoms with Crippen LogP contribution in [0.25, 0.3) is 0 Å². The molecular formula is C14H28O6. The summed E-state index contributed by atoms with van der Waals surface area (Å²) >= 11 is 0. The van der Waals surface area contributed by atoms with Crippen molar-refractivity contribution >= 4 is 5.97 Å². The molecule has 0 amide bonds. The fourth-order valence-corrected chi connectivity index (χ4v) is 2.00. The summed E-state index contributed by atoms with van der Waals surface area (Å²) in [5.74, 6) is -1.75. The van der Waals surface area contributed by atoms with Gasteiger partial charge in [-0.3, -0.25) is 0 Å². The molecule has 1 saturated heterocycles. The van der Waals surface area contributed by atoms with Crippen molar-refractivity contribution in [3.8, 4) is 0 Å². The van der Waals surface area contributed by atoms with E-state index >= 15 is 0 Å². The van der Waals surface area contributed by atoms with Crippen molar-refractivity contribution in [3.63, 3.8) is 0 Å². The van der Waals surface area contributed by atoms with E-state index in [1.165, 1.54) is 13.3 Å². The highest BCUT2D eigenvalue weighted by Gasteiger charge is 2.49. The van der Waals surface area contributed by atoms with Gasteiger partial charge in [0, 0.05) is 13.7 Å². The van der Waals surface area contributed by atoms with Gasteiger partial charge >= 0.3 is 5.97 Å². The second-order valence-corrected chi connectivity index (χ2v) is 5.51. The normalized spacial score (nSPS) is 37.1. The van der Waals surface area contributed by atoms with Crippen LogP contribution >= 0.6 is 0 Å².